The van der Waals surface area contributed by atoms with E-state index in [0.717, 1.165) is 25.9 Å². The first-order valence-electron chi connectivity index (χ1n) is 6.68. The highest BCUT2D eigenvalue weighted by Gasteiger charge is 2.29. The van der Waals surface area contributed by atoms with Gasteiger partial charge in [-0.25, -0.2) is 0 Å². The smallest absolute Gasteiger partial charge is 0.239 e. The lowest BCUT2D eigenvalue weighted by Gasteiger charge is -2.37. The van der Waals surface area contributed by atoms with Crippen molar-refractivity contribution in [2.45, 2.75) is 45.2 Å². The van der Waals surface area contributed by atoms with Crippen molar-refractivity contribution in [2.24, 2.45) is 11.7 Å². The van der Waals surface area contributed by atoms with Crippen LogP contribution in [0.4, 0.5) is 0 Å². The van der Waals surface area contributed by atoms with Crippen LogP contribution in [0.5, 0.6) is 0 Å². The summed E-state index contributed by atoms with van der Waals surface area (Å²) in [6, 6.07) is 0.151. The Bertz CT molecular complexity index is 261. The summed E-state index contributed by atoms with van der Waals surface area (Å²) in [4.78, 5) is 16.4. The van der Waals surface area contributed by atoms with Crippen LogP contribution in [-0.2, 0) is 4.79 Å². The Morgan fingerprint density at radius 3 is 2.61 bits per heavy atom. The number of rotatable bonds is 4. The zero-order valence-corrected chi connectivity index (χ0v) is 12.9. The summed E-state index contributed by atoms with van der Waals surface area (Å²) in [5.74, 6) is 0.396. The van der Waals surface area contributed by atoms with Crippen molar-refractivity contribution in [2.75, 3.05) is 27.2 Å². The number of likely N-dealkylation sites (N-methyl/N-ethyl adjacent to an activating group) is 1. The van der Waals surface area contributed by atoms with Crippen LogP contribution in [0, 0.1) is 5.92 Å². The molecule has 3 atom stereocenters. The lowest BCUT2D eigenvalue weighted by Crippen LogP contribution is -2.53. The van der Waals surface area contributed by atoms with Crippen LogP contribution in [0.15, 0.2) is 0 Å². The quantitative estimate of drug-likeness (QED) is 0.844. The zero-order chi connectivity index (χ0) is 13.0. The van der Waals surface area contributed by atoms with Gasteiger partial charge in [-0.3, -0.25) is 4.79 Å². The first kappa shape index (κ1) is 17.7. The Morgan fingerprint density at radius 1 is 1.50 bits per heavy atom. The van der Waals surface area contributed by atoms with Gasteiger partial charge in [0.05, 0.1) is 6.04 Å². The van der Waals surface area contributed by atoms with E-state index >= 15 is 0 Å². The number of nitrogens with two attached hydrogens (primary N) is 1. The topological polar surface area (TPSA) is 49.6 Å². The molecule has 18 heavy (non-hydrogen) atoms. The van der Waals surface area contributed by atoms with Crippen LogP contribution < -0.4 is 5.73 Å². The fourth-order valence-electron chi connectivity index (χ4n) is 2.28. The Hall–Kier alpha value is -0.320. The number of carbonyl (C=O) groups is 1. The molecule has 0 aromatic heterocycles. The standard InChI is InChI=1S/C13H27N3O.ClH/c1-5-10(2)12(14)13(17)16-8-6-7-11(9-16)15(3)4;/h10-12H,5-9,14H2,1-4H3;1H. The summed E-state index contributed by atoms with van der Waals surface area (Å²) in [5, 5.41) is 0. The molecule has 0 aliphatic carbocycles. The van der Waals surface area contributed by atoms with E-state index in [-0.39, 0.29) is 30.3 Å². The minimum absolute atomic E-state index is 0. The summed E-state index contributed by atoms with van der Waals surface area (Å²) in [6.45, 7) is 5.83. The molecule has 1 aliphatic rings. The van der Waals surface area contributed by atoms with Gasteiger partial charge in [0.2, 0.25) is 5.91 Å². The number of hydrogen-bond acceptors (Lipinski definition) is 3. The van der Waals surface area contributed by atoms with E-state index in [0.29, 0.717) is 6.04 Å². The Labute approximate surface area is 117 Å². The second kappa shape index (κ2) is 7.97. The molecular formula is C13H28ClN3O. The molecule has 3 unspecified atom stereocenters. The van der Waals surface area contributed by atoms with Gasteiger partial charge >= 0.3 is 0 Å². The average molecular weight is 278 g/mol. The maximum Gasteiger partial charge on any atom is 0.239 e. The largest absolute Gasteiger partial charge is 0.340 e. The molecule has 2 N–H and O–H groups in total. The number of piperidine rings is 1. The lowest BCUT2D eigenvalue weighted by molar-refractivity contribution is -0.135. The Balaban J connectivity index is 0.00000289. The molecule has 1 heterocycles. The number of likely N-dealkylation sites (tertiary alicyclic amines) is 1. The van der Waals surface area contributed by atoms with Gasteiger partial charge in [0.1, 0.15) is 0 Å². The van der Waals surface area contributed by atoms with Crippen molar-refractivity contribution in [3.8, 4) is 0 Å². The molecule has 108 valence electrons. The summed E-state index contributed by atoms with van der Waals surface area (Å²) >= 11 is 0. The van der Waals surface area contributed by atoms with Crippen LogP contribution in [0.2, 0.25) is 0 Å². The predicted molar refractivity (Wildman–Crippen MR) is 78.0 cm³/mol. The molecule has 1 amide bonds. The normalized spacial score (nSPS) is 23.4. The minimum Gasteiger partial charge on any atom is -0.340 e. The van der Waals surface area contributed by atoms with Crippen LogP contribution in [0.25, 0.3) is 0 Å². The molecule has 0 spiro atoms. The molecule has 4 nitrogen and oxygen atoms in total. The van der Waals surface area contributed by atoms with Crippen molar-refractivity contribution in [3.63, 3.8) is 0 Å². The Morgan fingerprint density at radius 2 is 2.11 bits per heavy atom. The number of nitrogens with zero attached hydrogens (tertiary/aromatic N) is 2. The number of halogens is 1. The van der Waals surface area contributed by atoms with Crippen LogP contribution in [-0.4, -0.2) is 55.0 Å². The van der Waals surface area contributed by atoms with Crippen LogP contribution in [0.3, 0.4) is 0 Å². The molecule has 0 aromatic rings. The molecule has 5 heteroatoms. The molecule has 1 fully saturated rings. The molecule has 1 aliphatic heterocycles. The van der Waals surface area contributed by atoms with Crippen LogP contribution >= 0.6 is 12.4 Å². The fourth-order valence-corrected chi connectivity index (χ4v) is 2.28. The number of amides is 1. The van der Waals surface area contributed by atoms with E-state index in [1.807, 2.05) is 4.90 Å². The highest BCUT2D eigenvalue weighted by atomic mass is 35.5. The van der Waals surface area contributed by atoms with Crippen molar-refractivity contribution < 1.29 is 4.79 Å². The maximum atomic E-state index is 12.2. The van der Waals surface area contributed by atoms with Gasteiger partial charge in [0, 0.05) is 19.1 Å². The van der Waals surface area contributed by atoms with E-state index in [9.17, 15) is 4.79 Å². The third-order valence-corrected chi connectivity index (χ3v) is 3.98. The fraction of sp³-hybridized carbons (Fsp3) is 0.923. The molecule has 0 radical (unpaired) electrons. The second-order valence-corrected chi connectivity index (χ2v) is 5.46. The predicted octanol–water partition coefficient (Wildman–Crippen LogP) is 1.33. The molecule has 0 bridgehead atoms. The first-order chi connectivity index (χ1) is 7.97. The second-order valence-electron chi connectivity index (χ2n) is 5.46. The summed E-state index contributed by atoms with van der Waals surface area (Å²) in [5.41, 5.74) is 6.02. The summed E-state index contributed by atoms with van der Waals surface area (Å²) in [7, 11) is 4.15. The third kappa shape index (κ3) is 4.41. The van der Waals surface area contributed by atoms with Crippen molar-refractivity contribution in [3.05, 3.63) is 0 Å². The maximum absolute atomic E-state index is 12.2. The summed E-state index contributed by atoms with van der Waals surface area (Å²) < 4.78 is 0. The van der Waals surface area contributed by atoms with Crippen molar-refractivity contribution in [1.29, 1.82) is 0 Å². The van der Waals surface area contributed by atoms with E-state index in [1.54, 1.807) is 0 Å². The average Bonchev–Trinajstić information content (AvgIpc) is 2.36. The zero-order valence-electron chi connectivity index (χ0n) is 12.1. The Kier molecular flexibility index (Phi) is 7.83. The van der Waals surface area contributed by atoms with Gasteiger partial charge in [0.15, 0.2) is 0 Å². The first-order valence-corrected chi connectivity index (χ1v) is 6.68. The highest BCUT2D eigenvalue weighted by molar-refractivity contribution is 5.85. The molecular weight excluding hydrogens is 250 g/mol. The van der Waals surface area contributed by atoms with Gasteiger partial charge in [-0.15, -0.1) is 12.4 Å². The number of carbonyl (C=O) groups excluding carboxylic acids is 1. The molecule has 0 saturated carbocycles. The SMILES string of the molecule is CCC(C)C(N)C(=O)N1CCCC(N(C)C)C1.Cl. The summed E-state index contributed by atoms with van der Waals surface area (Å²) in [6.07, 6.45) is 3.22. The van der Waals surface area contributed by atoms with Gasteiger partial charge in [0.25, 0.3) is 0 Å². The van der Waals surface area contributed by atoms with Gasteiger partial charge < -0.3 is 15.5 Å². The van der Waals surface area contributed by atoms with E-state index in [1.165, 1.54) is 6.42 Å². The van der Waals surface area contributed by atoms with E-state index in [4.69, 9.17) is 5.73 Å². The third-order valence-electron chi connectivity index (χ3n) is 3.98. The van der Waals surface area contributed by atoms with E-state index in [2.05, 4.69) is 32.8 Å². The monoisotopic (exact) mass is 277 g/mol. The number of hydrogen-bond donors (Lipinski definition) is 1. The van der Waals surface area contributed by atoms with Crippen molar-refractivity contribution >= 4 is 18.3 Å². The van der Waals surface area contributed by atoms with Gasteiger partial charge in [-0.1, -0.05) is 20.3 Å². The lowest BCUT2D eigenvalue weighted by atomic mass is 9.97. The highest BCUT2D eigenvalue weighted by Crippen LogP contribution is 2.16. The minimum atomic E-state index is -0.332. The van der Waals surface area contributed by atoms with Gasteiger partial charge in [-0.2, -0.15) is 0 Å². The molecule has 1 saturated heterocycles. The van der Waals surface area contributed by atoms with Crippen LogP contribution in [0.1, 0.15) is 33.1 Å². The molecule has 0 aromatic carbocycles. The molecule has 1 rings (SSSR count). The van der Waals surface area contributed by atoms with Gasteiger partial charge in [-0.05, 0) is 32.9 Å². The van der Waals surface area contributed by atoms with Crippen molar-refractivity contribution in [1.82, 2.24) is 9.80 Å². The van der Waals surface area contributed by atoms with E-state index < -0.39 is 0 Å².